The van der Waals surface area contributed by atoms with E-state index in [0.29, 0.717) is 23.5 Å². The number of rotatable bonds is 10. The Morgan fingerprint density at radius 2 is 1.33 bits per heavy atom. The van der Waals surface area contributed by atoms with Crippen molar-refractivity contribution in [3.05, 3.63) is 82.4 Å². The second kappa shape index (κ2) is 11.1. The first-order chi connectivity index (χ1) is 17.4. The number of esters is 1. The van der Waals surface area contributed by atoms with E-state index in [2.05, 4.69) is 12.2 Å². The molecule has 7 heteroatoms. The first-order valence-corrected chi connectivity index (χ1v) is 12.2. The van der Waals surface area contributed by atoms with Gasteiger partial charge >= 0.3 is 5.97 Å². The van der Waals surface area contributed by atoms with Crippen LogP contribution in [0.1, 0.15) is 87.6 Å². The van der Waals surface area contributed by atoms with Crippen LogP contribution in [-0.2, 0) is 4.74 Å². The molecule has 0 atom stereocenters. The Balaban J connectivity index is 1.40. The molecule has 1 aliphatic carbocycles. The van der Waals surface area contributed by atoms with E-state index in [9.17, 15) is 24.6 Å². The van der Waals surface area contributed by atoms with Crippen LogP contribution in [0.25, 0.3) is 0 Å². The summed E-state index contributed by atoms with van der Waals surface area (Å²) in [6.07, 6.45) is 6.72. The molecule has 0 spiro atoms. The average Bonchev–Trinajstić information content (AvgIpc) is 2.88. The summed E-state index contributed by atoms with van der Waals surface area (Å²) in [5.74, 6) is -2.14. The fraction of sp³-hybridized carbons (Fsp3) is 0.276. The largest absolute Gasteiger partial charge is 0.507 e. The van der Waals surface area contributed by atoms with E-state index in [-0.39, 0.29) is 39.7 Å². The van der Waals surface area contributed by atoms with Gasteiger partial charge in [-0.05, 0) is 61.0 Å². The molecule has 7 nitrogen and oxygen atoms in total. The minimum absolute atomic E-state index is 0.133. The Labute approximate surface area is 209 Å². The summed E-state index contributed by atoms with van der Waals surface area (Å²) in [4.78, 5) is 38.2. The van der Waals surface area contributed by atoms with Crippen molar-refractivity contribution in [1.29, 1.82) is 0 Å². The Bertz CT molecular complexity index is 1300. The van der Waals surface area contributed by atoms with Gasteiger partial charge in [0.15, 0.2) is 11.6 Å². The van der Waals surface area contributed by atoms with Crippen LogP contribution in [0.5, 0.6) is 11.5 Å². The van der Waals surface area contributed by atoms with Crippen molar-refractivity contribution in [2.75, 3.05) is 11.9 Å². The normalized spacial score (nSPS) is 12.1. The number of carbonyl (C=O) groups excluding carboxylic acids is 3. The highest BCUT2D eigenvalue weighted by Crippen LogP contribution is 2.38. The lowest BCUT2D eigenvalue weighted by molar-refractivity contribution is 0.0497. The zero-order chi connectivity index (χ0) is 25.7. The van der Waals surface area contributed by atoms with Crippen molar-refractivity contribution in [2.24, 2.45) is 0 Å². The van der Waals surface area contributed by atoms with Crippen LogP contribution in [0.15, 0.2) is 54.6 Å². The van der Waals surface area contributed by atoms with Gasteiger partial charge < -0.3 is 20.3 Å². The number of benzene rings is 3. The number of fused-ring (bicyclic) bond motifs is 2. The fourth-order valence-corrected chi connectivity index (χ4v) is 4.30. The van der Waals surface area contributed by atoms with Crippen LogP contribution >= 0.6 is 0 Å². The molecule has 4 rings (SSSR count). The van der Waals surface area contributed by atoms with E-state index in [1.807, 2.05) is 0 Å². The summed E-state index contributed by atoms with van der Waals surface area (Å²) in [6.45, 7) is 2.58. The van der Waals surface area contributed by atoms with Crippen LogP contribution in [0, 0.1) is 0 Å². The number of nitrogens with one attached hydrogen (secondary N) is 1. The maximum Gasteiger partial charge on any atom is 0.338 e. The zero-order valence-corrected chi connectivity index (χ0v) is 20.2. The van der Waals surface area contributed by atoms with Crippen LogP contribution in [-0.4, -0.2) is 34.4 Å². The number of hydrogen-bond donors (Lipinski definition) is 3. The van der Waals surface area contributed by atoms with Gasteiger partial charge in [-0.15, -0.1) is 0 Å². The molecule has 0 unspecified atom stereocenters. The third-order valence-corrected chi connectivity index (χ3v) is 6.26. The van der Waals surface area contributed by atoms with Gasteiger partial charge in [0, 0.05) is 22.5 Å². The highest BCUT2D eigenvalue weighted by atomic mass is 16.5. The van der Waals surface area contributed by atoms with E-state index in [1.54, 1.807) is 30.3 Å². The standard InChI is InChI=1S/C29H29NO6/c1-2-3-4-5-6-7-16-36-29(35)18-8-10-19(11-9-18)30-20-12-13-21-22(17-20)28(34)26-24(32)15-14-23(31)25(26)27(21)33/h8-15,17,30-32H,2-7,16H2,1H3. The second-order valence-electron chi connectivity index (χ2n) is 8.88. The van der Waals surface area contributed by atoms with Crippen molar-refractivity contribution in [3.63, 3.8) is 0 Å². The van der Waals surface area contributed by atoms with E-state index < -0.39 is 11.6 Å². The molecule has 3 N–H and O–H groups in total. The summed E-state index contributed by atoms with van der Waals surface area (Å²) in [5.41, 5.74) is 1.58. The van der Waals surface area contributed by atoms with Crippen LogP contribution in [0.2, 0.25) is 0 Å². The number of phenols is 2. The maximum absolute atomic E-state index is 13.0. The van der Waals surface area contributed by atoms with Crippen molar-refractivity contribution in [3.8, 4) is 11.5 Å². The Kier molecular flexibility index (Phi) is 7.68. The Hall–Kier alpha value is -4.13. The summed E-state index contributed by atoms with van der Waals surface area (Å²) in [7, 11) is 0. The molecule has 0 amide bonds. The number of anilines is 2. The third kappa shape index (κ3) is 5.25. The van der Waals surface area contributed by atoms with Gasteiger partial charge in [-0.2, -0.15) is 0 Å². The first-order valence-electron chi connectivity index (χ1n) is 12.2. The molecular weight excluding hydrogens is 458 g/mol. The number of carbonyl (C=O) groups is 3. The van der Waals surface area contributed by atoms with Gasteiger partial charge in [0.2, 0.25) is 0 Å². The molecule has 3 aromatic rings. The van der Waals surface area contributed by atoms with Gasteiger partial charge in [0.1, 0.15) is 11.5 Å². The molecule has 0 bridgehead atoms. The summed E-state index contributed by atoms with van der Waals surface area (Å²) in [5, 5.41) is 23.4. The average molecular weight is 488 g/mol. The van der Waals surface area contributed by atoms with Gasteiger partial charge in [-0.1, -0.05) is 39.0 Å². The molecule has 0 aromatic heterocycles. The van der Waals surface area contributed by atoms with E-state index in [0.717, 1.165) is 19.3 Å². The molecule has 0 radical (unpaired) electrons. The van der Waals surface area contributed by atoms with Gasteiger partial charge in [-0.3, -0.25) is 9.59 Å². The fourth-order valence-electron chi connectivity index (χ4n) is 4.30. The Morgan fingerprint density at radius 1 is 0.750 bits per heavy atom. The number of ether oxygens (including phenoxy) is 1. The SMILES string of the molecule is CCCCCCCCOC(=O)c1ccc(Nc2ccc3c(c2)C(=O)c2c(O)ccc(O)c2C3=O)cc1. The maximum atomic E-state index is 13.0. The Morgan fingerprint density at radius 3 is 2.00 bits per heavy atom. The highest BCUT2D eigenvalue weighted by molar-refractivity contribution is 6.30. The molecule has 0 saturated carbocycles. The number of unbranched alkanes of at least 4 members (excludes halogenated alkanes) is 5. The molecule has 3 aromatic carbocycles. The van der Waals surface area contributed by atoms with Crippen molar-refractivity contribution in [2.45, 2.75) is 45.4 Å². The van der Waals surface area contributed by atoms with Crippen molar-refractivity contribution in [1.82, 2.24) is 0 Å². The van der Waals surface area contributed by atoms with E-state index in [1.165, 1.54) is 43.5 Å². The lowest BCUT2D eigenvalue weighted by atomic mass is 9.83. The summed E-state index contributed by atoms with van der Waals surface area (Å²) >= 11 is 0. The molecule has 0 saturated heterocycles. The lowest BCUT2D eigenvalue weighted by Gasteiger charge is -2.20. The second-order valence-corrected chi connectivity index (χ2v) is 8.88. The molecule has 186 valence electrons. The van der Waals surface area contributed by atoms with E-state index in [4.69, 9.17) is 4.74 Å². The minimum atomic E-state index is -0.542. The smallest absolute Gasteiger partial charge is 0.338 e. The quantitative estimate of drug-likeness (QED) is 0.140. The summed E-state index contributed by atoms with van der Waals surface area (Å²) in [6, 6.07) is 13.9. The number of phenolic OH excluding ortho intramolecular Hbond substituents is 2. The zero-order valence-electron chi connectivity index (χ0n) is 20.2. The van der Waals surface area contributed by atoms with Crippen molar-refractivity contribution >= 4 is 28.9 Å². The topological polar surface area (TPSA) is 113 Å². The first kappa shape index (κ1) is 25.0. The lowest BCUT2D eigenvalue weighted by Crippen LogP contribution is -2.21. The van der Waals surface area contributed by atoms with E-state index >= 15 is 0 Å². The van der Waals surface area contributed by atoms with Crippen LogP contribution in [0.4, 0.5) is 11.4 Å². The van der Waals surface area contributed by atoms with Crippen molar-refractivity contribution < 1.29 is 29.3 Å². The van der Waals surface area contributed by atoms with Gasteiger partial charge in [-0.25, -0.2) is 4.79 Å². The molecule has 1 aliphatic rings. The molecular formula is C29H29NO6. The molecule has 36 heavy (non-hydrogen) atoms. The number of aromatic hydroxyl groups is 2. The minimum Gasteiger partial charge on any atom is -0.507 e. The number of ketones is 2. The summed E-state index contributed by atoms with van der Waals surface area (Å²) < 4.78 is 5.36. The predicted molar refractivity (Wildman–Crippen MR) is 136 cm³/mol. The van der Waals surface area contributed by atoms with Crippen LogP contribution < -0.4 is 5.32 Å². The van der Waals surface area contributed by atoms with Gasteiger partial charge in [0.25, 0.3) is 0 Å². The monoisotopic (exact) mass is 487 g/mol. The molecule has 0 aliphatic heterocycles. The highest BCUT2D eigenvalue weighted by Gasteiger charge is 2.34. The van der Waals surface area contributed by atoms with Crippen LogP contribution in [0.3, 0.4) is 0 Å². The molecule has 0 heterocycles. The van der Waals surface area contributed by atoms with Gasteiger partial charge in [0.05, 0.1) is 23.3 Å². The molecule has 0 fully saturated rings. The third-order valence-electron chi connectivity index (χ3n) is 6.26. The predicted octanol–water partition coefficient (Wildman–Crippen LogP) is 6.13. The number of hydrogen-bond acceptors (Lipinski definition) is 7.